The van der Waals surface area contributed by atoms with Crippen molar-refractivity contribution in [1.29, 1.82) is 0 Å². The van der Waals surface area contributed by atoms with Gasteiger partial charge < -0.3 is 15.1 Å². The number of carbonyl (C=O) groups excluding carboxylic acids is 2. The molecule has 0 saturated carbocycles. The molecule has 2 aromatic rings. The molecule has 136 valence electrons. The molecule has 0 aliphatic carbocycles. The zero-order chi connectivity index (χ0) is 18.5. The van der Waals surface area contributed by atoms with Crippen molar-refractivity contribution in [2.24, 2.45) is 0 Å². The predicted molar refractivity (Wildman–Crippen MR) is 102 cm³/mol. The highest BCUT2D eigenvalue weighted by Gasteiger charge is 2.22. The van der Waals surface area contributed by atoms with Crippen LogP contribution in [0.2, 0.25) is 0 Å². The van der Waals surface area contributed by atoms with E-state index in [2.05, 4.69) is 36.3 Å². The number of anilines is 2. The number of hydrogen-bond donors (Lipinski definition) is 1. The fraction of sp³-hybridized carbons (Fsp3) is 0.350. The Labute approximate surface area is 153 Å². The van der Waals surface area contributed by atoms with Crippen molar-refractivity contribution in [1.82, 2.24) is 14.8 Å². The van der Waals surface area contributed by atoms with Crippen molar-refractivity contribution < 1.29 is 9.59 Å². The number of carbonyl (C=O) groups is 2. The second-order valence-electron chi connectivity index (χ2n) is 6.77. The van der Waals surface area contributed by atoms with E-state index in [9.17, 15) is 9.59 Å². The summed E-state index contributed by atoms with van der Waals surface area (Å²) in [5, 5.41) is 3.30. The molecule has 1 saturated heterocycles. The topological polar surface area (TPSA) is 65.5 Å². The minimum Gasteiger partial charge on any atom is -0.354 e. The molecular weight excluding hydrogens is 328 g/mol. The van der Waals surface area contributed by atoms with E-state index in [4.69, 9.17) is 0 Å². The summed E-state index contributed by atoms with van der Waals surface area (Å²) in [5.74, 6) is 0.410. The van der Waals surface area contributed by atoms with Gasteiger partial charge in [-0.1, -0.05) is 26.0 Å². The summed E-state index contributed by atoms with van der Waals surface area (Å²) in [6.07, 6.45) is 2.50. The minimum atomic E-state index is -0.0941. The van der Waals surface area contributed by atoms with Crippen LogP contribution in [0.5, 0.6) is 0 Å². The van der Waals surface area contributed by atoms with E-state index in [-0.39, 0.29) is 5.91 Å². The number of amides is 2. The average Bonchev–Trinajstić information content (AvgIpc) is 2.68. The van der Waals surface area contributed by atoms with Gasteiger partial charge in [0.25, 0.3) is 5.91 Å². The van der Waals surface area contributed by atoms with E-state index in [1.165, 1.54) is 5.56 Å². The highest BCUT2D eigenvalue weighted by molar-refractivity contribution is 5.92. The first-order valence-electron chi connectivity index (χ1n) is 8.88. The second-order valence-corrected chi connectivity index (χ2v) is 6.77. The largest absolute Gasteiger partial charge is 0.354 e. The summed E-state index contributed by atoms with van der Waals surface area (Å²) in [6, 6.07) is 11.9. The Bertz CT molecular complexity index is 748. The number of aromatic nitrogens is 1. The van der Waals surface area contributed by atoms with Gasteiger partial charge in [0.05, 0.1) is 11.9 Å². The van der Waals surface area contributed by atoms with Gasteiger partial charge in [0.1, 0.15) is 5.69 Å². The summed E-state index contributed by atoms with van der Waals surface area (Å²) in [7, 11) is 0. The molecular formula is C20H24N4O2. The van der Waals surface area contributed by atoms with Crippen LogP contribution in [-0.2, 0) is 4.79 Å². The van der Waals surface area contributed by atoms with Crippen LogP contribution in [-0.4, -0.2) is 53.3 Å². The maximum absolute atomic E-state index is 12.5. The molecule has 1 fully saturated rings. The lowest BCUT2D eigenvalue weighted by Crippen LogP contribution is -2.48. The van der Waals surface area contributed by atoms with Crippen LogP contribution in [0.4, 0.5) is 11.4 Å². The summed E-state index contributed by atoms with van der Waals surface area (Å²) in [4.78, 5) is 31.0. The SMILES string of the molecule is CC(C)c1ccc(Nc2ccc(C(=O)N3CCN(C=O)CC3)nc2)cc1. The molecule has 2 heterocycles. The highest BCUT2D eigenvalue weighted by atomic mass is 16.2. The second kappa shape index (κ2) is 7.99. The van der Waals surface area contributed by atoms with Gasteiger partial charge in [0, 0.05) is 31.9 Å². The van der Waals surface area contributed by atoms with Crippen molar-refractivity contribution in [2.75, 3.05) is 31.5 Å². The number of nitrogens with zero attached hydrogens (tertiary/aromatic N) is 3. The number of benzene rings is 1. The summed E-state index contributed by atoms with van der Waals surface area (Å²) in [6.45, 7) is 6.56. The Morgan fingerprint density at radius 2 is 1.69 bits per heavy atom. The van der Waals surface area contributed by atoms with Gasteiger partial charge in [-0.05, 0) is 35.7 Å². The molecule has 0 spiro atoms. The first kappa shape index (κ1) is 17.9. The maximum atomic E-state index is 12.5. The molecule has 6 nitrogen and oxygen atoms in total. The molecule has 3 rings (SSSR count). The quantitative estimate of drug-likeness (QED) is 0.841. The number of hydrogen-bond acceptors (Lipinski definition) is 4. The van der Waals surface area contributed by atoms with E-state index in [1.54, 1.807) is 22.1 Å². The summed E-state index contributed by atoms with van der Waals surface area (Å²) < 4.78 is 0. The third-order valence-electron chi connectivity index (χ3n) is 4.60. The van der Waals surface area contributed by atoms with Gasteiger partial charge in [0.2, 0.25) is 6.41 Å². The number of nitrogens with one attached hydrogen (secondary N) is 1. The van der Waals surface area contributed by atoms with Crippen LogP contribution in [0, 0.1) is 0 Å². The lowest BCUT2D eigenvalue weighted by atomic mass is 10.0. The normalized spacial score (nSPS) is 14.4. The Hall–Kier alpha value is -2.89. The summed E-state index contributed by atoms with van der Waals surface area (Å²) in [5.41, 5.74) is 3.54. The fourth-order valence-electron chi connectivity index (χ4n) is 2.90. The van der Waals surface area contributed by atoms with Gasteiger partial charge in [-0.2, -0.15) is 0 Å². The fourth-order valence-corrected chi connectivity index (χ4v) is 2.90. The van der Waals surface area contributed by atoms with Crippen molar-refractivity contribution in [3.05, 3.63) is 53.9 Å². The zero-order valence-corrected chi connectivity index (χ0v) is 15.2. The zero-order valence-electron chi connectivity index (χ0n) is 15.2. The first-order valence-corrected chi connectivity index (χ1v) is 8.88. The lowest BCUT2D eigenvalue weighted by molar-refractivity contribution is -0.119. The minimum absolute atomic E-state index is 0.0941. The Balaban J connectivity index is 1.61. The van der Waals surface area contributed by atoms with Gasteiger partial charge >= 0.3 is 0 Å². The van der Waals surface area contributed by atoms with Crippen LogP contribution in [0.3, 0.4) is 0 Å². The van der Waals surface area contributed by atoms with Gasteiger partial charge in [-0.15, -0.1) is 0 Å². The van der Waals surface area contributed by atoms with Crippen molar-refractivity contribution in [3.8, 4) is 0 Å². The third kappa shape index (κ3) is 4.20. The van der Waals surface area contributed by atoms with Gasteiger partial charge in [-0.25, -0.2) is 4.98 Å². The van der Waals surface area contributed by atoms with Crippen molar-refractivity contribution in [3.63, 3.8) is 0 Å². The molecule has 6 heteroatoms. The molecule has 26 heavy (non-hydrogen) atoms. The Morgan fingerprint density at radius 1 is 1.04 bits per heavy atom. The molecule has 1 aromatic carbocycles. The standard InChI is InChI=1S/C20H24N4O2/c1-15(2)16-3-5-17(6-4-16)22-18-7-8-19(21-13-18)20(26)24-11-9-23(14-25)10-12-24/h3-8,13-15,22H,9-12H2,1-2H3. The molecule has 0 unspecified atom stereocenters. The van der Waals surface area contributed by atoms with Crippen LogP contribution >= 0.6 is 0 Å². The van der Waals surface area contributed by atoms with Gasteiger partial charge in [-0.3, -0.25) is 9.59 Å². The average molecular weight is 352 g/mol. The molecule has 1 aliphatic heterocycles. The van der Waals surface area contributed by atoms with Gasteiger partial charge in [0.15, 0.2) is 0 Å². The molecule has 0 radical (unpaired) electrons. The number of pyridine rings is 1. The number of rotatable bonds is 5. The van der Waals surface area contributed by atoms with Crippen molar-refractivity contribution >= 4 is 23.7 Å². The Kier molecular flexibility index (Phi) is 5.51. The number of piperazine rings is 1. The molecule has 0 bridgehead atoms. The lowest BCUT2D eigenvalue weighted by Gasteiger charge is -2.32. The first-order chi connectivity index (χ1) is 12.6. The molecule has 0 atom stereocenters. The van der Waals surface area contributed by atoms with E-state index in [1.807, 2.05) is 18.2 Å². The maximum Gasteiger partial charge on any atom is 0.272 e. The highest BCUT2D eigenvalue weighted by Crippen LogP contribution is 2.20. The molecule has 1 aromatic heterocycles. The van der Waals surface area contributed by atoms with Crippen LogP contribution in [0.1, 0.15) is 35.8 Å². The monoisotopic (exact) mass is 352 g/mol. The predicted octanol–water partition coefficient (Wildman–Crippen LogP) is 2.86. The molecule has 2 amide bonds. The molecule has 1 aliphatic rings. The van der Waals surface area contributed by atoms with Crippen LogP contribution < -0.4 is 5.32 Å². The summed E-state index contributed by atoms with van der Waals surface area (Å²) >= 11 is 0. The Morgan fingerprint density at radius 3 is 2.23 bits per heavy atom. The van der Waals surface area contributed by atoms with E-state index >= 15 is 0 Å². The third-order valence-corrected chi connectivity index (χ3v) is 4.60. The molecule has 1 N–H and O–H groups in total. The van der Waals surface area contributed by atoms with E-state index in [0.717, 1.165) is 17.8 Å². The van der Waals surface area contributed by atoms with E-state index in [0.29, 0.717) is 37.8 Å². The van der Waals surface area contributed by atoms with E-state index < -0.39 is 0 Å². The van der Waals surface area contributed by atoms with Crippen molar-refractivity contribution in [2.45, 2.75) is 19.8 Å². The van der Waals surface area contributed by atoms with Crippen LogP contribution in [0.25, 0.3) is 0 Å². The smallest absolute Gasteiger partial charge is 0.272 e. The van der Waals surface area contributed by atoms with Crippen LogP contribution in [0.15, 0.2) is 42.6 Å².